The van der Waals surface area contributed by atoms with Gasteiger partial charge in [-0.2, -0.15) is 13.2 Å². The standard InChI is InChI=1S/C16H22N4O2.C2HF3O2/c21-16(19-15-10-17-7-8-18-15)14-5-4-12-13(22-14)6-9-20(12)11-2-1-3-11;3-2(4,5)1(6)7/h7-8,10-14H,1-6,9H2,(H,18,19,21);(H,6,7)/t12-,13-,14-;/m1./s1. The summed E-state index contributed by atoms with van der Waals surface area (Å²) in [4.78, 5) is 31.9. The van der Waals surface area contributed by atoms with E-state index in [0.717, 1.165) is 31.8 Å². The van der Waals surface area contributed by atoms with Crippen molar-refractivity contribution in [3.05, 3.63) is 18.6 Å². The van der Waals surface area contributed by atoms with Crippen LogP contribution in [0, 0.1) is 0 Å². The molecule has 3 fully saturated rings. The maximum absolute atomic E-state index is 12.3. The lowest BCUT2D eigenvalue weighted by molar-refractivity contribution is -0.192. The summed E-state index contributed by atoms with van der Waals surface area (Å²) in [7, 11) is 0. The summed E-state index contributed by atoms with van der Waals surface area (Å²) < 4.78 is 37.8. The van der Waals surface area contributed by atoms with Gasteiger partial charge in [-0.15, -0.1) is 0 Å². The van der Waals surface area contributed by atoms with Crippen molar-refractivity contribution >= 4 is 17.7 Å². The van der Waals surface area contributed by atoms with Crippen LogP contribution in [0.25, 0.3) is 0 Å². The van der Waals surface area contributed by atoms with E-state index in [-0.39, 0.29) is 18.1 Å². The Morgan fingerprint density at radius 3 is 2.45 bits per heavy atom. The van der Waals surface area contributed by atoms with Gasteiger partial charge in [0.05, 0.1) is 12.3 Å². The molecule has 0 radical (unpaired) electrons. The summed E-state index contributed by atoms with van der Waals surface area (Å²) in [6.45, 7) is 1.12. The molecule has 3 heterocycles. The van der Waals surface area contributed by atoms with Gasteiger partial charge in [-0.3, -0.25) is 14.7 Å². The number of ether oxygens (including phenoxy) is 1. The number of alkyl halides is 3. The Kier molecular flexibility index (Phi) is 6.68. The molecule has 1 aliphatic carbocycles. The molecule has 3 atom stereocenters. The van der Waals surface area contributed by atoms with E-state index in [4.69, 9.17) is 14.6 Å². The number of amides is 1. The van der Waals surface area contributed by atoms with Crippen LogP contribution in [0.1, 0.15) is 38.5 Å². The number of likely N-dealkylation sites (tertiary alicyclic amines) is 1. The summed E-state index contributed by atoms with van der Waals surface area (Å²) in [6, 6.07) is 1.29. The second kappa shape index (κ2) is 9.04. The molecule has 3 aliphatic rings. The number of carboxylic acid groups (broad SMARTS) is 1. The number of halogens is 3. The highest BCUT2D eigenvalue weighted by Gasteiger charge is 2.44. The van der Waals surface area contributed by atoms with Gasteiger partial charge in [0, 0.05) is 31.0 Å². The Balaban J connectivity index is 0.000000298. The van der Waals surface area contributed by atoms with Crippen LogP contribution in [0.15, 0.2) is 18.6 Å². The molecule has 0 bridgehead atoms. The average molecular weight is 416 g/mol. The minimum Gasteiger partial charge on any atom is -0.475 e. The van der Waals surface area contributed by atoms with E-state index in [1.54, 1.807) is 18.6 Å². The smallest absolute Gasteiger partial charge is 0.475 e. The second-order valence-electron chi connectivity index (χ2n) is 7.30. The monoisotopic (exact) mass is 416 g/mol. The highest BCUT2D eigenvalue weighted by Crippen LogP contribution is 2.37. The predicted octanol–water partition coefficient (Wildman–Crippen LogP) is 2.22. The largest absolute Gasteiger partial charge is 0.490 e. The zero-order valence-corrected chi connectivity index (χ0v) is 15.6. The van der Waals surface area contributed by atoms with Crippen LogP contribution in [0.5, 0.6) is 0 Å². The molecule has 0 aromatic carbocycles. The molecule has 1 saturated carbocycles. The molecule has 1 aromatic heterocycles. The molecule has 4 rings (SSSR count). The Morgan fingerprint density at radius 1 is 1.17 bits per heavy atom. The third kappa shape index (κ3) is 5.41. The van der Waals surface area contributed by atoms with Gasteiger partial charge < -0.3 is 15.2 Å². The fraction of sp³-hybridized carbons (Fsp3) is 0.667. The van der Waals surface area contributed by atoms with Crippen molar-refractivity contribution < 1.29 is 32.6 Å². The number of aromatic nitrogens is 2. The summed E-state index contributed by atoms with van der Waals surface area (Å²) in [5.41, 5.74) is 0. The number of aliphatic carboxylic acids is 1. The molecule has 0 spiro atoms. The lowest BCUT2D eigenvalue weighted by atomic mass is 9.89. The van der Waals surface area contributed by atoms with E-state index in [0.29, 0.717) is 11.9 Å². The number of nitrogens with zero attached hydrogens (tertiary/aromatic N) is 3. The molecular weight excluding hydrogens is 393 g/mol. The molecule has 1 amide bonds. The Bertz CT molecular complexity index is 715. The van der Waals surface area contributed by atoms with Crippen molar-refractivity contribution in [2.75, 3.05) is 11.9 Å². The highest BCUT2D eigenvalue weighted by atomic mass is 19.4. The number of carbonyl (C=O) groups excluding carboxylic acids is 1. The number of carboxylic acids is 1. The normalized spacial score (nSPS) is 27.2. The molecule has 2 aliphatic heterocycles. The molecule has 2 N–H and O–H groups in total. The fourth-order valence-electron chi connectivity index (χ4n) is 3.89. The van der Waals surface area contributed by atoms with Crippen LogP contribution in [0.4, 0.5) is 19.0 Å². The van der Waals surface area contributed by atoms with Crippen molar-refractivity contribution in [3.63, 3.8) is 0 Å². The van der Waals surface area contributed by atoms with Crippen molar-refractivity contribution in [2.45, 2.75) is 69.0 Å². The predicted molar refractivity (Wildman–Crippen MR) is 95.0 cm³/mol. The van der Waals surface area contributed by atoms with Crippen molar-refractivity contribution in [3.8, 4) is 0 Å². The molecule has 0 unspecified atom stereocenters. The first-order chi connectivity index (χ1) is 13.8. The quantitative estimate of drug-likeness (QED) is 0.779. The van der Waals surface area contributed by atoms with Gasteiger partial charge in [0.15, 0.2) is 5.82 Å². The zero-order valence-electron chi connectivity index (χ0n) is 15.6. The van der Waals surface area contributed by atoms with Crippen molar-refractivity contribution in [1.29, 1.82) is 0 Å². The second-order valence-corrected chi connectivity index (χ2v) is 7.30. The molecule has 2 saturated heterocycles. The van der Waals surface area contributed by atoms with E-state index in [1.807, 2.05) is 0 Å². The van der Waals surface area contributed by atoms with E-state index in [2.05, 4.69) is 20.2 Å². The van der Waals surface area contributed by atoms with Crippen LogP contribution in [-0.4, -0.2) is 68.9 Å². The zero-order chi connectivity index (χ0) is 21.0. The van der Waals surface area contributed by atoms with Gasteiger partial charge in [-0.25, -0.2) is 9.78 Å². The summed E-state index contributed by atoms with van der Waals surface area (Å²) in [5.74, 6) is -2.37. The number of nitrogens with one attached hydrogen (secondary N) is 1. The van der Waals surface area contributed by atoms with Gasteiger partial charge in [-0.1, -0.05) is 6.42 Å². The van der Waals surface area contributed by atoms with Crippen LogP contribution >= 0.6 is 0 Å². The van der Waals surface area contributed by atoms with Crippen molar-refractivity contribution in [2.24, 2.45) is 0 Å². The summed E-state index contributed by atoms with van der Waals surface area (Å²) in [5, 5.41) is 9.92. The van der Waals surface area contributed by atoms with Gasteiger partial charge in [0.1, 0.15) is 6.10 Å². The minimum atomic E-state index is -5.08. The van der Waals surface area contributed by atoms with E-state index >= 15 is 0 Å². The Morgan fingerprint density at radius 2 is 1.90 bits per heavy atom. The SMILES string of the molecule is O=C(Nc1cnccn1)[C@H]1CC[C@@H]2[C@@H](CCN2C2CCC2)O1.O=C(O)C(F)(F)F. The van der Waals surface area contributed by atoms with E-state index < -0.39 is 12.1 Å². The first-order valence-corrected chi connectivity index (χ1v) is 9.54. The maximum atomic E-state index is 12.3. The van der Waals surface area contributed by atoms with Crippen LogP contribution in [0.3, 0.4) is 0 Å². The lowest BCUT2D eigenvalue weighted by Gasteiger charge is -2.42. The third-order valence-corrected chi connectivity index (χ3v) is 5.48. The number of fused-ring (bicyclic) bond motifs is 1. The van der Waals surface area contributed by atoms with Crippen LogP contribution in [0.2, 0.25) is 0 Å². The Hall–Kier alpha value is -2.27. The number of anilines is 1. The topological polar surface area (TPSA) is 105 Å². The molecule has 160 valence electrons. The maximum Gasteiger partial charge on any atom is 0.490 e. The molecular formula is C18H23F3N4O4. The minimum absolute atomic E-state index is 0.0963. The molecule has 11 heteroatoms. The van der Waals surface area contributed by atoms with E-state index in [9.17, 15) is 18.0 Å². The number of carbonyl (C=O) groups is 2. The van der Waals surface area contributed by atoms with Gasteiger partial charge in [-0.05, 0) is 32.1 Å². The molecule has 1 aromatic rings. The van der Waals surface area contributed by atoms with Gasteiger partial charge in [0.2, 0.25) is 0 Å². The molecule has 8 nitrogen and oxygen atoms in total. The first kappa shape index (κ1) is 21.4. The van der Waals surface area contributed by atoms with Crippen LogP contribution in [-0.2, 0) is 14.3 Å². The first-order valence-electron chi connectivity index (χ1n) is 9.54. The lowest BCUT2D eigenvalue weighted by Crippen LogP contribution is -2.50. The highest BCUT2D eigenvalue weighted by molar-refractivity contribution is 5.93. The number of hydrogen-bond donors (Lipinski definition) is 2. The molecule has 29 heavy (non-hydrogen) atoms. The fourth-order valence-corrected chi connectivity index (χ4v) is 3.89. The number of rotatable bonds is 3. The summed E-state index contributed by atoms with van der Waals surface area (Å²) >= 11 is 0. The average Bonchev–Trinajstić information content (AvgIpc) is 3.04. The third-order valence-electron chi connectivity index (χ3n) is 5.48. The Labute approximate surface area is 165 Å². The van der Waals surface area contributed by atoms with Crippen LogP contribution < -0.4 is 5.32 Å². The van der Waals surface area contributed by atoms with Gasteiger partial charge in [0.25, 0.3) is 5.91 Å². The summed E-state index contributed by atoms with van der Waals surface area (Å²) in [6.07, 6.45) is 6.41. The number of hydrogen-bond acceptors (Lipinski definition) is 6. The van der Waals surface area contributed by atoms with Crippen molar-refractivity contribution in [1.82, 2.24) is 14.9 Å². The van der Waals surface area contributed by atoms with E-state index in [1.165, 1.54) is 19.3 Å². The van der Waals surface area contributed by atoms with Gasteiger partial charge >= 0.3 is 12.1 Å².